The number of esters is 1. The Balaban J connectivity index is 2.26. The molecule has 2 rings (SSSR count). The van der Waals surface area contributed by atoms with Gasteiger partial charge in [-0.05, 0) is 41.1 Å². The first-order valence-electron chi connectivity index (χ1n) is 5.77. The summed E-state index contributed by atoms with van der Waals surface area (Å²) in [6, 6.07) is 3.57. The van der Waals surface area contributed by atoms with Gasteiger partial charge in [-0.3, -0.25) is 4.79 Å². The molecule has 0 aliphatic carbocycles. The zero-order chi connectivity index (χ0) is 14.7. The van der Waals surface area contributed by atoms with Crippen LogP contribution in [0.4, 0.5) is 8.78 Å². The molecule has 0 saturated heterocycles. The molecule has 0 fully saturated rings. The summed E-state index contributed by atoms with van der Waals surface area (Å²) in [5.74, 6) is -2.22. The van der Waals surface area contributed by atoms with Crippen molar-refractivity contribution in [1.82, 2.24) is 4.98 Å². The molecule has 0 bridgehead atoms. The standard InChI is InChI=1S/C13H10BrF2NO2S/c1-2-19-11(18)6-10-12(14)20-13(17-10)7-3-4-8(15)9(16)5-7/h3-5H,2,6H2,1H3. The van der Waals surface area contributed by atoms with Crippen LogP contribution in [0.15, 0.2) is 22.0 Å². The van der Waals surface area contributed by atoms with E-state index < -0.39 is 11.6 Å². The van der Waals surface area contributed by atoms with Gasteiger partial charge in [0.2, 0.25) is 0 Å². The number of thiazole rings is 1. The maximum Gasteiger partial charge on any atom is 0.311 e. The number of hydrogen-bond donors (Lipinski definition) is 0. The highest BCUT2D eigenvalue weighted by molar-refractivity contribution is 9.11. The fraction of sp³-hybridized carbons (Fsp3) is 0.231. The first kappa shape index (κ1) is 15.1. The Kier molecular flexibility index (Phi) is 4.82. The lowest BCUT2D eigenvalue weighted by molar-refractivity contribution is -0.142. The third-order valence-electron chi connectivity index (χ3n) is 2.43. The zero-order valence-corrected chi connectivity index (χ0v) is 12.9. The van der Waals surface area contributed by atoms with Crippen LogP contribution in [0.25, 0.3) is 10.6 Å². The number of benzene rings is 1. The lowest BCUT2D eigenvalue weighted by Gasteiger charge is -1.99. The summed E-state index contributed by atoms with van der Waals surface area (Å²) in [5, 5.41) is 0.509. The van der Waals surface area contributed by atoms with Crippen molar-refractivity contribution < 1.29 is 18.3 Å². The van der Waals surface area contributed by atoms with E-state index in [2.05, 4.69) is 20.9 Å². The molecule has 0 amide bonds. The second-order valence-electron chi connectivity index (χ2n) is 3.85. The number of ether oxygens (including phenoxy) is 1. The van der Waals surface area contributed by atoms with Gasteiger partial charge in [0, 0.05) is 5.56 Å². The highest BCUT2D eigenvalue weighted by Gasteiger charge is 2.15. The third kappa shape index (κ3) is 3.40. The molecular weight excluding hydrogens is 352 g/mol. The average Bonchev–Trinajstić information content (AvgIpc) is 2.74. The minimum Gasteiger partial charge on any atom is -0.466 e. The van der Waals surface area contributed by atoms with Gasteiger partial charge < -0.3 is 4.74 Å². The number of halogens is 3. The van der Waals surface area contributed by atoms with Crippen molar-refractivity contribution in [2.75, 3.05) is 6.61 Å². The van der Waals surface area contributed by atoms with E-state index in [-0.39, 0.29) is 12.4 Å². The molecule has 0 spiro atoms. The Morgan fingerprint density at radius 2 is 2.15 bits per heavy atom. The number of nitrogens with zero attached hydrogens (tertiary/aromatic N) is 1. The van der Waals surface area contributed by atoms with E-state index in [9.17, 15) is 13.6 Å². The van der Waals surface area contributed by atoms with Crippen molar-refractivity contribution in [2.45, 2.75) is 13.3 Å². The topological polar surface area (TPSA) is 39.2 Å². The number of aromatic nitrogens is 1. The molecule has 1 heterocycles. The minimum atomic E-state index is -0.930. The predicted molar refractivity (Wildman–Crippen MR) is 75.5 cm³/mol. The molecule has 2 aromatic rings. The highest BCUT2D eigenvalue weighted by Crippen LogP contribution is 2.33. The van der Waals surface area contributed by atoms with Crippen LogP contribution in [0.3, 0.4) is 0 Å². The summed E-state index contributed by atoms with van der Waals surface area (Å²) < 4.78 is 31.6. The molecule has 7 heteroatoms. The molecule has 0 atom stereocenters. The maximum atomic E-state index is 13.2. The number of carbonyl (C=O) groups excluding carboxylic acids is 1. The smallest absolute Gasteiger partial charge is 0.311 e. The van der Waals surface area contributed by atoms with E-state index in [1.165, 1.54) is 17.4 Å². The van der Waals surface area contributed by atoms with E-state index >= 15 is 0 Å². The quantitative estimate of drug-likeness (QED) is 0.773. The van der Waals surface area contributed by atoms with Gasteiger partial charge in [0.05, 0.1) is 22.5 Å². The van der Waals surface area contributed by atoms with Crippen molar-refractivity contribution >= 4 is 33.2 Å². The van der Waals surface area contributed by atoms with E-state index in [0.29, 0.717) is 26.7 Å². The molecule has 0 saturated carbocycles. The number of rotatable bonds is 4. The molecule has 3 nitrogen and oxygen atoms in total. The molecule has 0 aliphatic rings. The van der Waals surface area contributed by atoms with E-state index in [0.717, 1.165) is 12.1 Å². The van der Waals surface area contributed by atoms with E-state index in [4.69, 9.17) is 4.74 Å². The fourth-order valence-electron chi connectivity index (χ4n) is 1.54. The molecule has 0 unspecified atom stereocenters. The van der Waals surface area contributed by atoms with Crippen molar-refractivity contribution in [2.24, 2.45) is 0 Å². The van der Waals surface area contributed by atoms with Gasteiger partial charge in [-0.1, -0.05) is 0 Å². The van der Waals surface area contributed by atoms with Gasteiger partial charge in [0.1, 0.15) is 5.01 Å². The van der Waals surface area contributed by atoms with Gasteiger partial charge in [-0.25, -0.2) is 13.8 Å². The normalized spacial score (nSPS) is 10.6. The van der Waals surface area contributed by atoms with Crippen LogP contribution in [0.5, 0.6) is 0 Å². The largest absolute Gasteiger partial charge is 0.466 e. The molecule has 1 aromatic heterocycles. The van der Waals surface area contributed by atoms with Crippen LogP contribution in [-0.2, 0) is 16.0 Å². The number of hydrogen-bond acceptors (Lipinski definition) is 4. The van der Waals surface area contributed by atoms with Crippen LogP contribution in [-0.4, -0.2) is 17.6 Å². The Morgan fingerprint density at radius 1 is 1.40 bits per heavy atom. The lowest BCUT2D eigenvalue weighted by atomic mass is 10.2. The first-order chi connectivity index (χ1) is 9.51. The van der Waals surface area contributed by atoms with Gasteiger partial charge in [-0.15, -0.1) is 11.3 Å². The molecule has 1 aromatic carbocycles. The Bertz CT molecular complexity index is 645. The summed E-state index contributed by atoms with van der Waals surface area (Å²) in [4.78, 5) is 15.7. The Morgan fingerprint density at radius 3 is 2.80 bits per heavy atom. The zero-order valence-electron chi connectivity index (χ0n) is 10.5. The van der Waals surface area contributed by atoms with Gasteiger partial charge in [0.15, 0.2) is 11.6 Å². The van der Waals surface area contributed by atoms with E-state index in [1.807, 2.05) is 0 Å². The summed E-state index contributed by atoms with van der Waals surface area (Å²) in [7, 11) is 0. The van der Waals surface area contributed by atoms with Crippen LogP contribution >= 0.6 is 27.3 Å². The molecule has 20 heavy (non-hydrogen) atoms. The summed E-state index contributed by atoms with van der Waals surface area (Å²) in [6.45, 7) is 2.03. The summed E-state index contributed by atoms with van der Waals surface area (Å²) >= 11 is 4.56. The van der Waals surface area contributed by atoms with Crippen molar-refractivity contribution in [1.29, 1.82) is 0 Å². The van der Waals surface area contributed by atoms with Crippen molar-refractivity contribution in [3.8, 4) is 10.6 Å². The first-order valence-corrected chi connectivity index (χ1v) is 7.38. The van der Waals surface area contributed by atoms with E-state index in [1.54, 1.807) is 6.92 Å². The number of carbonyl (C=O) groups is 1. The summed E-state index contributed by atoms with van der Waals surface area (Å²) in [5.41, 5.74) is 0.984. The van der Waals surface area contributed by atoms with Gasteiger partial charge in [-0.2, -0.15) is 0 Å². The highest BCUT2D eigenvalue weighted by atomic mass is 79.9. The Hall–Kier alpha value is -1.34. The lowest BCUT2D eigenvalue weighted by Crippen LogP contribution is -2.08. The van der Waals surface area contributed by atoms with Crippen LogP contribution in [0, 0.1) is 11.6 Å². The molecule has 106 valence electrons. The SMILES string of the molecule is CCOC(=O)Cc1nc(-c2ccc(F)c(F)c2)sc1Br. The Labute approximate surface area is 126 Å². The molecule has 0 radical (unpaired) electrons. The molecule has 0 N–H and O–H groups in total. The second-order valence-corrected chi connectivity index (χ2v) is 6.17. The predicted octanol–water partition coefficient (Wildman–Crippen LogP) is 3.96. The van der Waals surface area contributed by atoms with Crippen LogP contribution in [0.2, 0.25) is 0 Å². The van der Waals surface area contributed by atoms with Gasteiger partial charge >= 0.3 is 5.97 Å². The third-order valence-corrected chi connectivity index (χ3v) is 4.31. The average molecular weight is 362 g/mol. The summed E-state index contributed by atoms with van der Waals surface area (Å²) in [6.07, 6.45) is 0.0363. The van der Waals surface area contributed by atoms with Gasteiger partial charge in [0.25, 0.3) is 0 Å². The second kappa shape index (κ2) is 6.41. The monoisotopic (exact) mass is 361 g/mol. The van der Waals surface area contributed by atoms with Crippen molar-refractivity contribution in [3.05, 3.63) is 39.3 Å². The van der Waals surface area contributed by atoms with Crippen molar-refractivity contribution in [3.63, 3.8) is 0 Å². The minimum absolute atomic E-state index is 0.0363. The maximum absolute atomic E-state index is 13.2. The van der Waals surface area contributed by atoms with Crippen LogP contribution < -0.4 is 0 Å². The molecular formula is C13H10BrF2NO2S. The fourth-order valence-corrected chi connectivity index (χ4v) is 3.04. The molecule has 0 aliphatic heterocycles. The van der Waals surface area contributed by atoms with Crippen LogP contribution in [0.1, 0.15) is 12.6 Å².